The number of hydrogen-bond donors (Lipinski definition) is 0. The van der Waals surface area contributed by atoms with Crippen molar-refractivity contribution in [3.8, 4) is 6.07 Å². The van der Waals surface area contributed by atoms with Gasteiger partial charge in [0.2, 0.25) is 0 Å². The molecule has 0 saturated heterocycles. The van der Waals surface area contributed by atoms with E-state index >= 15 is 0 Å². The Bertz CT molecular complexity index is 230. The number of rotatable bonds is 6. The lowest BCUT2D eigenvalue weighted by Gasteiger charge is -2.20. The number of ether oxygens (including phenoxy) is 1. The quantitative estimate of drug-likeness (QED) is 0.635. The Labute approximate surface area is 92.4 Å². The van der Waals surface area contributed by atoms with Gasteiger partial charge in [-0.05, 0) is 25.7 Å². The Balaban J connectivity index is 4.47. The van der Waals surface area contributed by atoms with Crippen molar-refractivity contribution >= 4 is 5.97 Å². The average Bonchev–Trinajstić information content (AvgIpc) is 2.17. The lowest BCUT2D eigenvalue weighted by molar-refractivity contribution is -0.149. The van der Waals surface area contributed by atoms with Crippen LogP contribution in [0, 0.1) is 29.1 Å². The molecule has 2 unspecified atom stereocenters. The van der Waals surface area contributed by atoms with Gasteiger partial charge in [0.15, 0.2) is 0 Å². The van der Waals surface area contributed by atoms with Crippen LogP contribution >= 0.6 is 0 Å². The van der Waals surface area contributed by atoms with E-state index in [0.717, 1.165) is 6.42 Å². The molecule has 0 fully saturated rings. The number of carbonyl (C=O) groups excluding carboxylic acids is 1. The predicted octanol–water partition coefficient (Wildman–Crippen LogP) is 2.76. The number of esters is 1. The maximum Gasteiger partial charge on any atom is 0.310 e. The van der Waals surface area contributed by atoms with E-state index in [1.54, 1.807) is 6.92 Å². The maximum absolute atomic E-state index is 11.6. The van der Waals surface area contributed by atoms with Crippen LogP contribution in [0.4, 0.5) is 0 Å². The van der Waals surface area contributed by atoms with Crippen LogP contribution in [0.25, 0.3) is 0 Å². The van der Waals surface area contributed by atoms with Gasteiger partial charge >= 0.3 is 5.97 Å². The van der Waals surface area contributed by atoms with Crippen LogP contribution in [-0.4, -0.2) is 12.6 Å². The molecule has 0 aliphatic rings. The van der Waals surface area contributed by atoms with E-state index in [1.165, 1.54) is 0 Å². The highest BCUT2D eigenvalue weighted by atomic mass is 16.5. The molecule has 15 heavy (non-hydrogen) atoms. The highest BCUT2D eigenvalue weighted by Crippen LogP contribution is 2.23. The number of nitrogens with zero attached hydrogens (tertiary/aromatic N) is 1. The summed E-state index contributed by atoms with van der Waals surface area (Å²) in [7, 11) is 0. The van der Waals surface area contributed by atoms with Crippen LogP contribution in [0.2, 0.25) is 0 Å². The predicted molar refractivity (Wildman–Crippen MR) is 59.0 cm³/mol. The van der Waals surface area contributed by atoms with Crippen molar-refractivity contribution in [3.63, 3.8) is 0 Å². The Kier molecular flexibility index (Phi) is 6.77. The summed E-state index contributed by atoms with van der Waals surface area (Å²) in [6, 6.07) is 2.22. The summed E-state index contributed by atoms with van der Waals surface area (Å²) < 4.78 is 4.97. The Morgan fingerprint density at radius 3 is 2.33 bits per heavy atom. The first-order chi connectivity index (χ1) is 7.06. The van der Waals surface area contributed by atoms with Crippen molar-refractivity contribution in [1.82, 2.24) is 0 Å². The van der Waals surface area contributed by atoms with Gasteiger partial charge in [-0.15, -0.1) is 0 Å². The molecule has 0 bridgehead atoms. The normalized spacial score (nSPS) is 14.4. The Hall–Kier alpha value is -1.04. The molecular weight excluding hydrogens is 190 g/mol. The number of nitriles is 1. The molecule has 0 aliphatic carbocycles. The number of hydrogen-bond acceptors (Lipinski definition) is 3. The van der Waals surface area contributed by atoms with Crippen molar-refractivity contribution in [2.45, 2.75) is 40.5 Å². The van der Waals surface area contributed by atoms with Crippen LogP contribution in [0.3, 0.4) is 0 Å². The average molecular weight is 211 g/mol. The molecule has 0 spiro atoms. The van der Waals surface area contributed by atoms with Gasteiger partial charge in [-0.1, -0.05) is 20.8 Å². The lowest BCUT2D eigenvalue weighted by atomic mass is 9.85. The first-order valence-corrected chi connectivity index (χ1v) is 5.62. The van der Waals surface area contributed by atoms with E-state index in [1.807, 2.05) is 6.92 Å². The summed E-state index contributed by atoms with van der Waals surface area (Å²) in [4.78, 5) is 11.6. The van der Waals surface area contributed by atoms with Gasteiger partial charge in [-0.25, -0.2) is 0 Å². The van der Waals surface area contributed by atoms with E-state index in [2.05, 4.69) is 19.9 Å². The van der Waals surface area contributed by atoms with Gasteiger partial charge in [-0.2, -0.15) is 5.26 Å². The minimum absolute atomic E-state index is 0.214. The van der Waals surface area contributed by atoms with Crippen molar-refractivity contribution in [1.29, 1.82) is 5.26 Å². The van der Waals surface area contributed by atoms with E-state index in [-0.39, 0.29) is 17.8 Å². The molecule has 3 nitrogen and oxygen atoms in total. The van der Waals surface area contributed by atoms with E-state index in [0.29, 0.717) is 18.9 Å². The van der Waals surface area contributed by atoms with Crippen LogP contribution < -0.4 is 0 Å². The standard InChI is InChI=1S/C12H21NO2/c1-5-11(12(14)15-6-2)10(8-13)7-9(3)4/h9-11H,5-7H2,1-4H3. The molecule has 0 heterocycles. The van der Waals surface area contributed by atoms with Crippen molar-refractivity contribution in [3.05, 3.63) is 0 Å². The maximum atomic E-state index is 11.6. The minimum atomic E-state index is -0.266. The van der Waals surface area contributed by atoms with Crippen molar-refractivity contribution in [2.24, 2.45) is 17.8 Å². The topological polar surface area (TPSA) is 50.1 Å². The van der Waals surface area contributed by atoms with Crippen LogP contribution in [0.15, 0.2) is 0 Å². The lowest BCUT2D eigenvalue weighted by Crippen LogP contribution is -2.25. The highest BCUT2D eigenvalue weighted by molar-refractivity contribution is 5.73. The van der Waals surface area contributed by atoms with Gasteiger partial charge in [0.25, 0.3) is 0 Å². The Morgan fingerprint density at radius 1 is 1.40 bits per heavy atom. The molecule has 2 atom stereocenters. The van der Waals surface area contributed by atoms with Gasteiger partial charge in [0.1, 0.15) is 0 Å². The second kappa shape index (κ2) is 7.28. The molecule has 0 radical (unpaired) electrons. The second-order valence-electron chi connectivity index (χ2n) is 4.13. The molecule has 0 aliphatic heterocycles. The molecule has 0 saturated carbocycles. The largest absolute Gasteiger partial charge is 0.466 e. The van der Waals surface area contributed by atoms with Gasteiger partial charge in [0, 0.05) is 0 Å². The van der Waals surface area contributed by atoms with Crippen LogP contribution in [-0.2, 0) is 9.53 Å². The smallest absolute Gasteiger partial charge is 0.310 e. The van der Waals surface area contributed by atoms with Gasteiger partial charge in [0.05, 0.1) is 24.5 Å². The zero-order chi connectivity index (χ0) is 11.8. The summed E-state index contributed by atoms with van der Waals surface area (Å²) in [6.07, 6.45) is 1.43. The summed E-state index contributed by atoms with van der Waals surface area (Å²) in [6.45, 7) is 8.21. The zero-order valence-electron chi connectivity index (χ0n) is 10.1. The minimum Gasteiger partial charge on any atom is -0.466 e. The molecule has 86 valence electrons. The highest BCUT2D eigenvalue weighted by Gasteiger charge is 2.28. The van der Waals surface area contributed by atoms with Crippen molar-refractivity contribution < 1.29 is 9.53 Å². The summed E-state index contributed by atoms with van der Waals surface area (Å²) in [5.41, 5.74) is 0. The fourth-order valence-electron chi connectivity index (χ4n) is 1.68. The van der Waals surface area contributed by atoms with Crippen LogP contribution in [0.5, 0.6) is 0 Å². The monoisotopic (exact) mass is 211 g/mol. The molecule has 0 aromatic rings. The molecule has 0 aromatic heterocycles. The second-order valence-corrected chi connectivity index (χ2v) is 4.13. The third-order valence-corrected chi connectivity index (χ3v) is 2.41. The summed E-state index contributed by atoms with van der Waals surface area (Å²) in [5.74, 6) is -0.281. The Morgan fingerprint density at radius 2 is 2.00 bits per heavy atom. The van der Waals surface area contributed by atoms with Gasteiger partial charge in [-0.3, -0.25) is 4.79 Å². The SMILES string of the molecule is CCOC(=O)C(CC)C(C#N)CC(C)C. The fourth-order valence-corrected chi connectivity index (χ4v) is 1.68. The molecule has 0 amide bonds. The molecule has 0 N–H and O–H groups in total. The number of carbonyl (C=O) groups is 1. The van der Waals surface area contributed by atoms with E-state index in [4.69, 9.17) is 10.00 Å². The first kappa shape index (κ1) is 14.0. The zero-order valence-corrected chi connectivity index (χ0v) is 10.1. The third kappa shape index (κ3) is 4.83. The molecule has 3 heteroatoms. The summed E-state index contributed by atoms with van der Waals surface area (Å²) >= 11 is 0. The fraction of sp³-hybridized carbons (Fsp3) is 0.833. The molecule has 0 rings (SSSR count). The first-order valence-electron chi connectivity index (χ1n) is 5.62. The third-order valence-electron chi connectivity index (χ3n) is 2.41. The van der Waals surface area contributed by atoms with E-state index < -0.39 is 0 Å². The molecule has 0 aromatic carbocycles. The van der Waals surface area contributed by atoms with Gasteiger partial charge < -0.3 is 4.74 Å². The van der Waals surface area contributed by atoms with E-state index in [9.17, 15) is 4.79 Å². The van der Waals surface area contributed by atoms with Crippen LogP contribution in [0.1, 0.15) is 40.5 Å². The van der Waals surface area contributed by atoms with Crippen molar-refractivity contribution in [2.75, 3.05) is 6.61 Å². The molecular formula is C12H21NO2. The summed E-state index contributed by atoms with van der Waals surface area (Å²) in [5, 5.41) is 9.04.